The molecule has 0 radical (unpaired) electrons. The van der Waals surface area contributed by atoms with Crippen molar-refractivity contribution in [3.63, 3.8) is 0 Å². The molecule has 3 aromatic carbocycles. The minimum atomic E-state index is -0.688. The third-order valence-electron chi connectivity index (χ3n) is 6.96. The van der Waals surface area contributed by atoms with Gasteiger partial charge in [-0.15, -0.1) is 12.2 Å². The zero-order valence-corrected chi connectivity index (χ0v) is 26.3. The fraction of sp³-hybridized carbons (Fsp3) is 0.375. The summed E-state index contributed by atoms with van der Waals surface area (Å²) in [6.07, 6.45) is 3.14. The summed E-state index contributed by atoms with van der Waals surface area (Å²) in [6.45, 7) is 15.3. The van der Waals surface area contributed by atoms with Crippen LogP contribution in [0.4, 0.5) is 5.69 Å². The summed E-state index contributed by atoms with van der Waals surface area (Å²) in [4.78, 5) is 4.46. The SMILES string of the molecule is CC([O-])CC(C)[O-].Cc1cc(C)c(B(c2ccc(N3C=CN(C)C3)cc2)c2c(C)cccc2C)c(C)c1.[Pt+2]. The maximum absolute atomic E-state index is 10.1. The van der Waals surface area contributed by atoms with E-state index in [1.54, 1.807) is 0 Å². The molecule has 4 nitrogen and oxygen atoms in total. The largest absolute Gasteiger partial charge is 2.00 e. The van der Waals surface area contributed by atoms with E-state index < -0.39 is 12.2 Å². The molecule has 2 atom stereocenters. The van der Waals surface area contributed by atoms with Crippen LogP contribution in [0.25, 0.3) is 0 Å². The van der Waals surface area contributed by atoms with Gasteiger partial charge >= 0.3 is 21.1 Å². The van der Waals surface area contributed by atoms with Gasteiger partial charge in [-0.3, -0.25) is 0 Å². The van der Waals surface area contributed by atoms with Crippen LogP contribution in [-0.2, 0) is 21.1 Å². The number of rotatable bonds is 6. The average molecular weight is 692 g/mol. The number of benzene rings is 3. The monoisotopic (exact) mass is 691 g/mol. The average Bonchev–Trinajstić information content (AvgIpc) is 3.23. The van der Waals surface area contributed by atoms with Gasteiger partial charge in [0.05, 0.1) is 6.67 Å². The van der Waals surface area contributed by atoms with E-state index in [1.165, 1.54) is 63.7 Å². The predicted octanol–water partition coefficient (Wildman–Crippen LogP) is 2.80. The summed E-state index contributed by atoms with van der Waals surface area (Å²) in [5.41, 5.74) is 12.2. The van der Waals surface area contributed by atoms with Crippen LogP contribution in [0.3, 0.4) is 0 Å². The molecule has 0 aliphatic carbocycles. The van der Waals surface area contributed by atoms with E-state index in [2.05, 4.69) is 118 Å². The Morgan fingerprint density at radius 2 is 1.26 bits per heavy atom. The van der Waals surface area contributed by atoms with Crippen molar-refractivity contribution in [2.24, 2.45) is 0 Å². The minimum Gasteiger partial charge on any atom is -0.852 e. The Balaban J connectivity index is 0.000000561. The fourth-order valence-electron chi connectivity index (χ4n) is 5.43. The molecule has 4 rings (SSSR count). The topological polar surface area (TPSA) is 52.6 Å². The van der Waals surface area contributed by atoms with E-state index in [4.69, 9.17) is 0 Å². The molecule has 1 aliphatic heterocycles. The van der Waals surface area contributed by atoms with Gasteiger partial charge in [0.2, 0.25) is 6.71 Å². The van der Waals surface area contributed by atoms with Crippen LogP contribution in [0.15, 0.2) is 67.0 Å². The Morgan fingerprint density at radius 3 is 1.68 bits per heavy atom. The molecule has 2 unspecified atom stereocenters. The van der Waals surface area contributed by atoms with Gasteiger partial charge in [-0.1, -0.05) is 107 Å². The van der Waals surface area contributed by atoms with Gasteiger partial charge in [-0.25, -0.2) is 0 Å². The molecular formula is C32H41BN2O2Pt. The summed E-state index contributed by atoms with van der Waals surface area (Å²) in [6, 6.07) is 20.5. The Bertz CT molecular complexity index is 1180. The molecule has 0 aromatic heterocycles. The zero-order valence-electron chi connectivity index (χ0n) is 24.0. The van der Waals surface area contributed by atoms with Gasteiger partial charge in [0, 0.05) is 25.1 Å². The van der Waals surface area contributed by atoms with Gasteiger partial charge in [-0.05, 0) is 46.8 Å². The molecule has 0 fully saturated rings. The molecule has 0 amide bonds. The van der Waals surface area contributed by atoms with E-state index in [0.29, 0.717) is 0 Å². The van der Waals surface area contributed by atoms with E-state index in [0.717, 1.165) is 6.67 Å². The molecule has 1 heterocycles. The van der Waals surface area contributed by atoms with E-state index in [1.807, 2.05) is 0 Å². The smallest absolute Gasteiger partial charge is 0.852 e. The summed E-state index contributed by atoms with van der Waals surface area (Å²) in [7, 11) is 2.10. The molecule has 204 valence electrons. The zero-order chi connectivity index (χ0) is 27.3. The van der Waals surface area contributed by atoms with Gasteiger partial charge in [0.15, 0.2) is 0 Å². The molecule has 0 N–H and O–H groups in total. The number of aryl methyl sites for hydroxylation is 5. The Hall–Kier alpha value is -2.33. The van der Waals surface area contributed by atoms with Crippen LogP contribution in [0, 0.1) is 34.6 Å². The van der Waals surface area contributed by atoms with Crippen molar-refractivity contribution in [1.82, 2.24) is 4.90 Å². The molecule has 0 spiro atoms. The second-order valence-corrected chi connectivity index (χ2v) is 10.7. The maximum atomic E-state index is 10.1. The predicted molar refractivity (Wildman–Crippen MR) is 155 cm³/mol. The van der Waals surface area contributed by atoms with Crippen LogP contribution >= 0.6 is 0 Å². The first kappa shape index (κ1) is 31.9. The van der Waals surface area contributed by atoms with Gasteiger partial charge < -0.3 is 20.0 Å². The summed E-state index contributed by atoms with van der Waals surface area (Å²) in [5.74, 6) is 0. The van der Waals surface area contributed by atoms with Crippen molar-refractivity contribution in [2.45, 2.75) is 67.1 Å². The number of hydrogen-bond acceptors (Lipinski definition) is 4. The van der Waals surface area contributed by atoms with Gasteiger partial charge in [-0.2, -0.15) is 0 Å². The Labute approximate surface area is 244 Å². The Kier molecular flexibility index (Phi) is 11.9. The van der Waals surface area contributed by atoms with Crippen molar-refractivity contribution >= 4 is 28.8 Å². The second-order valence-electron chi connectivity index (χ2n) is 10.7. The van der Waals surface area contributed by atoms with Crippen LogP contribution in [0.5, 0.6) is 0 Å². The van der Waals surface area contributed by atoms with Crippen LogP contribution in [-0.4, -0.2) is 37.5 Å². The van der Waals surface area contributed by atoms with E-state index >= 15 is 0 Å². The van der Waals surface area contributed by atoms with Crippen LogP contribution in [0.1, 0.15) is 48.1 Å². The first-order valence-corrected chi connectivity index (χ1v) is 13.2. The van der Waals surface area contributed by atoms with Crippen molar-refractivity contribution in [1.29, 1.82) is 0 Å². The number of hydrogen-bond donors (Lipinski definition) is 0. The molecule has 3 aromatic rings. The second kappa shape index (κ2) is 14.2. The van der Waals surface area contributed by atoms with E-state index in [-0.39, 0.29) is 34.2 Å². The molecular weight excluding hydrogens is 650 g/mol. The summed E-state index contributed by atoms with van der Waals surface area (Å²) >= 11 is 0. The summed E-state index contributed by atoms with van der Waals surface area (Å²) in [5, 5.41) is 20.3. The van der Waals surface area contributed by atoms with Crippen molar-refractivity contribution < 1.29 is 31.3 Å². The first-order chi connectivity index (χ1) is 17.5. The van der Waals surface area contributed by atoms with Gasteiger partial charge in [0.1, 0.15) is 0 Å². The summed E-state index contributed by atoms with van der Waals surface area (Å²) < 4.78 is 0. The standard InChI is InChI=1S/C27H31BN2.C5H10O2.Pt/c1-19-16-22(4)27(23(5)17-19)28(26-20(2)8-7-9-21(26)3)24-10-12-25(13-11-24)30-15-14-29(6)18-30;1-4(6)3-5(2)7;/h7-17H,18H2,1-6H3;4-5H,3H2,1-2H3;/q;-2;+2. The Morgan fingerprint density at radius 1 is 0.763 bits per heavy atom. The molecule has 0 bridgehead atoms. The normalized spacial score (nSPS) is 13.9. The van der Waals surface area contributed by atoms with E-state index in [9.17, 15) is 10.2 Å². The minimum absolute atomic E-state index is 0. The third kappa shape index (κ3) is 8.09. The van der Waals surface area contributed by atoms with Crippen molar-refractivity contribution in [2.75, 3.05) is 18.6 Å². The first-order valence-electron chi connectivity index (χ1n) is 13.2. The molecule has 38 heavy (non-hydrogen) atoms. The van der Waals surface area contributed by atoms with Gasteiger partial charge in [0.25, 0.3) is 0 Å². The molecule has 0 saturated carbocycles. The molecule has 1 aliphatic rings. The van der Waals surface area contributed by atoms with Crippen molar-refractivity contribution in [3.8, 4) is 0 Å². The third-order valence-corrected chi connectivity index (χ3v) is 6.96. The fourth-order valence-corrected chi connectivity index (χ4v) is 5.43. The molecule has 0 saturated heterocycles. The number of nitrogens with zero attached hydrogens (tertiary/aromatic N) is 2. The van der Waals surface area contributed by atoms with Crippen molar-refractivity contribution in [3.05, 3.63) is 94.8 Å². The quantitative estimate of drug-likeness (QED) is 0.374. The maximum Gasteiger partial charge on any atom is 2.00 e. The van der Waals surface area contributed by atoms with Crippen LogP contribution < -0.4 is 31.5 Å². The molecule has 6 heteroatoms. The van der Waals surface area contributed by atoms with Crippen LogP contribution in [0.2, 0.25) is 0 Å². The number of anilines is 1.